The summed E-state index contributed by atoms with van der Waals surface area (Å²) in [4.78, 5) is 18.9. The molecule has 174 valence electrons. The molecular weight excluding hydrogens is 430 g/mol. The molecule has 2 fully saturated rings. The highest BCUT2D eigenvalue weighted by Gasteiger charge is 2.26. The quantitative estimate of drug-likeness (QED) is 0.677. The van der Waals surface area contributed by atoms with E-state index in [1.165, 1.54) is 0 Å². The van der Waals surface area contributed by atoms with Gasteiger partial charge in [0.15, 0.2) is 0 Å². The van der Waals surface area contributed by atoms with Crippen molar-refractivity contribution in [3.05, 3.63) is 29.8 Å². The molecule has 0 bridgehead atoms. The second kappa shape index (κ2) is 9.67. The molecule has 2 aliphatic rings. The first-order chi connectivity index (χ1) is 15.3. The Bertz CT molecular complexity index is 936. The summed E-state index contributed by atoms with van der Waals surface area (Å²) in [7, 11) is 0. The molecule has 9 heteroatoms. The largest absolute Gasteiger partial charge is 0.444 e. The molecule has 0 aromatic carbocycles. The van der Waals surface area contributed by atoms with Crippen LogP contribution >= 0.6 is 11.6 Å². The Morgan fingerprint density at radius 3 is 2.78 bits per heavy atom. The summed E-state index contributed by atoms with van der Waals surface area (Å²) in [6, 6.07) is 2.26. The molecule has 0 saturated carbocycles. The first kappa shape index (κ1) is 22.9. The normalized spacial score (nSPS) is 20.2. The number of carbonyl (C=O) groups excluding carboxylic acids is 1. The van der Waals surface area contributed by atoms with E-state index in [1.807, 2.05) is 43.9 Å². The lowest BCUT2D eigenvalue weighted by atomic mass is 10.0. The summed E-state index contributed by atoms with van der Waals surface area (Å²) in [5.74, 6) is 0. The van der Waals surface area contributed by atoms with E-state index in [0.717, 1.165) is 62.3 Å². The van der Waals surface area contributed by atoms with Gasteiger partial charge in [0.05, 0.1) is 12.2 Å². The number of hydrogen-bond donors (Lipinski definition) is 1. The summed E-state index contributed by atoms with van der Waals surface area (Å²) >= 11 is 6.28. The lowest BCUT2D eigenvalue weighted by molar-refractivity contribution is 0.0500. The monoisotopic (exact) mass is 461 g/mol. The number of piperidine rings is 1. The summed E-state index contributed by atoms with van der Waals surface area (Å²) in [5.41, 5.74) is 2.49. The van der Waals surface area contributed by atoms with Crippen LogP contribution in [-0.2, 0) is 9.47 Å². The van der Waals surface area contributed by atoms with Crippen molar-refractivity contribution in [3.8, 4) is 11.1 Å². The molecule has 2 aromatic heterocycles. The fourth-order valence-corrected chi connectivity index (χ4v) is 4.47. The first-order valence-corrected chi connectivity index (χ1v) is 11.7. The van der Waals surface area contributed by atoms with E-state index in [2.05, 4.69) is 26.5 Å². The van der Waals surface area contributed by atoms with Crippen molar-refractivity contribution in [3.63, 3.8) is 0 Å². The van der Waals surface area contributed by atoms with E-state index in [9.17, 15) is 4.79 Å². The van der Waals surface area contributed by atoms with Crippen LogP contribution in [0.4, 0.5) is 10.5 Å². The van der Waals surface area contributed by atoms with Gasteiger partial charge in [0, 0.05) is 61.6 Å². The zero-order chi connectivity index (χ0) is 22.7. The summed E-state index contributed by atoms with van der Waals surface area (Å²) in [5, 5.41) is 8.08. The van der Waals surface area contributed by atoms with Crippen LogP contribution in [0.25, 0.3) is 11.1 Å². The van der Waals surface area contributed by atoms with Gasteiger partial charge in [-0.1, -0.05) is 11.6 Å². The van der Waals surface area contributed by atoms with Crippen LogP contribution in [0.3, 0.4) is 0 Å². The van der Waals surface area contributed by atoms with Crippen LogP contribution in [0.2, 0.25) is 5.15 Å². The molecule has 2 aromatic rings. The summed E-state index contributed by atoms with van der Waals surface area (Å²) in [6.07, 6.45) is 9.22. The number of pyridine rings is 1. The fraction of sp³-hybridized carbons (Fsp3) is 0.609. The second-order valence-electron chi connectivity index (χ2n) is 9.51. The molecule has 4 rings (SSSR count). The van der Waals surface area contributed by atoms with Crippen molar-refractivity contribution >= 4 is 23.4 Å². The highest BCUT2D eigenvalue weighted by molar-refractivity contribution is 6.29. The molecule has 32 heavy (non-hydrogen) atoms. The maximum absolute atomic E-state index is 12.3. The first-order valence-electron chi connectivity index (χ1n) is 11.3. The third-order valence-corrected chi connectivity index (χ3v) is 6.02. The van der Waals surface area contributed by atoms with Crippen molar-refractivity contribution in [2.75, 3.05) is 31.2 Å². The third-order valence-electron chi connectivity index (χ3n) is 5.81. The molecule has 1 amide bonds. The number of ether oxygens (including phenoxy) is 2. The van der Waals surface area contributed by atoms with Gasteiger partial charge in [0.1, 0.15) is 10.8 Å². The third kappa shape index (κ3) is 5.72. The number of hydrogen-bond acceptors (Lipinski definition) is 6. The minimum Gasteiger partial charge on any atom is -0.444 e. The zero-order valence-corrected chi connectivity index (χ0v) is 19.8. The number of aromatic nitrogens is 3. The van der Waals surface area contributed by atoms with Crippen LogP contribution in [-0.4, -0.2) is 58.8 Å². The Hall–Kier alpha value is -2.32. The molecule has 2 aliphatic heterocycles. The maximum atomic E-state index is 12.3. The lowest BCUT2D eigenvalue weighted by Gasteiger charge is -2.36. The van der Waals surface area contributed by atoms with Crippen molar-refractivity contribution in [1.82, 2.24) is 20.1 Å². The van der Waals surface area contributed by atoms with Crippen LogP contribution < -0.4 is 10.2 Å². The SMILES string of the molecule is CC(C)(C)OC(=O)N[C@@H]1CCCN(c2cc(Cl)ncc2-c2cnn(C3CCOCC3)c2)C1. The van der Waals surface area contributed by atoms with Gasteiger partial charge in [-0.25, -0.2) is 9.78 Å². The number of nitrogens with one attached hydrogen (secondary N) is 1. The zero-order valence-electron chi connectivity index (χ0n) is 19.0. The molecule has 0 spiro atoms. The summed E-state index contributed by atoms with van der Waals surface area (Å²) in [6.45, 7) is 8.71. The predicted octanol–water partition coefficient (Wildman–Crippen LogP) is 4.44. The number of anilines is 1. The van der Waals surface area contributed by atoms with Crippen molar-refractivity contribution in [2.24, 2.45) is 0 Å². The molecule has 4 heterocycles. The molecule has 0 unspecified atom stereocenters. The maximum Gasteiger partial charge on any atom is 0.407 e. The average Bonchev–Trinajstić information content (AvgIpc) is 3.23. The van der Waals surface area contributed by atoms with Gasteiger partial charge in [-0.05, 0) is 52.5 Å². The average molecular weight is 462 g/mol. The summed E-state index contributed by atoms with van der Waals surface area (Å²) < 4.78 is 13.0. The molecule has 1 atom stereocenters. The van der Waals surface area contributed by atoms with Gasteiger partial charge in [0.2, 0.25) is 0 Å². The van der Waals surface area contributed by atoms with E-state index in [-0.39, 0.29) is 12.1 Å². The van der Waals surface area contributed by atoms with Gasteiger partial charge >= 0.3 is 6.09 Å². The van der Waals surface area contributed by atoms with Gasteiger partial charge in [-0.3, -0.25) is 4.68 Å². The molecule has 1 N–H and O–H groups in total. The van der Waals surface area contributed by atoms with Crippen LogP contribution in [0.1, 0.15) is 52.5 Å². The second-order valence-corrected chi connectivity index (χ2v) is 9.90. The van der Waals surface area contributed by atoms with Gasteiger partial charge in [-0.2, -0.15) is 5.10 Å². The van der Waals surface area contributed by atoms with E-state index in [4.69, 9.17) is 21.1 Å². The fourth-order valence-electron chi connectivity index (χ4n) is 4.32. The predicted molar refractivity (Wildman–Crippen MR) is 124 cm³/mol. The molecular formula is C23H32ClN5O3. The molecule has 2 saturated heterocycles. The van der Waals surface area contributed by atoms with E-state index in [0.29, 0.717) is 17.7 Å². The van der Waals surface area contributed by atoms with E-state index < -0.39 is 5.60 Å². The Kier molecular flexibility index (Phi) is 6.90. The minimum atomic E-state index is -0.519. The van der Waals surface area contributed by atoms with Gasteiger partial charge in [0.25, 0.3) is 0 Å². The van der Waals surface area contributed by atoms with E-state index >= 15 is 0 Å². The lowest BCUT2D eigenvalue weighted by Crippen LogP contribution is -2.49. The molecule has 0 aliphatic carbocycles. The number of rotatable bonds is 4. The van der Waals surface area contributed by atoms with Gasteiger partial charge < -0.3 is 19.7 Å². The van der Waals surface area contributed by atoms with E-state index in [1.54, 1.807) is 0 Å². The van der Waals surface area contributed by atoms with Crippen molar-refractivity contribution in [1.29, 1.82) is 0 Å². The van der Waals surface area contributed by atoms with Gasteiger partial charge in [-0.15, -0.1) is 0 Å². The van der Waals surface area contributed by atoms with Crippen LogP contribution in [0.5, 0.6) is 0 Å². The Balaban J connectivity index is 1.52. The smallest absolute Gasteiger partial charge is 0.407 e. The highest BCUT2D eigenvalue weighted by Crippen LogP contribution is 2.34. The highest BCUT2D eigenvalue weighted by atomic mass is 35.5. The molecule has 0 radical (unpaired) electrons. The Morgan fingerprint density at radius 2 is 2.03 bits per heavy atom. The number of alkyl carbamates (subject to hydrolysis) is 1. The standard InChI is InChI=1S/C23H32ClN5O3/c1-23(2,3)32-22(30)27-17-5-4-8-28(15-17)20-11-21(24)25-13-19(20)16-12-26-29(14-16)18-6-9-31-10-7-18/h11-14,17-18H,4-10,15H2,1-3H3,(H,27,30)/t17-/m1/s1. The Morgan fingerprint density at radius 1 is 1.25 bits per heavy atom. The van der Waals surface area contributed by atoms with Crippen molar-refractivity contribution < 1.29 is 14.3 Å². The number of amides is 1. The minimum absolute atomic E-state index is 0.00310. The molecule has 8 nitrogen and oxygen atoms in total. The number of nitrogens with zero attached hydrogens (tertiary/aromatic N) is 4. The topological polar surface area (TPSA) is 81.5 Å². The van der Waals surface area contributed by atoms with Crippen molar-refractivity contribution in [2.45, 2.75) is 64.1 Å². The van der Waals surface area contributed by atoms with Crippen LogP contribution in [0.15, 0.2) is 24.7 Å². The Labute approximate surface area is 194 Å². The number of halogens is 1. The van der Waals surface area contributed by atoms with Crippen LogP contribution in [0, 0.1) is 0 Å². The number of carbonyl (C=O) groups is 1.